The third kappa shape index (κ3) is 4.73. The maximum Gasteiger partial charge on any atom is 0.184 e. The van der Waals surface area contributed by atoms with Crippen molar-refractivity contribution in [3.05, 3.63) is 54.1 Å². The van der Waals surface area contributed by atoms with Crippen molar-refractivity contribution in [2.45, 2.75) is 46.1 Å². The van der Waals surface area contributed by atoms with Gasteiger partial charge < -0.3 is 15.0 Å². The Hall–Kier alpha value is -4.21. The summed E-state index contributed by atoms with van der Waals surface area (Å²) >= 11 is 0. The van der Waals surface area contributed by atoms with E-state index < -0.39 is 0 Å². The van der Waals surface area contributed by atoms with E-state index in [1.165, 1.54) is 0 Å². The second-order valence-electron chi connectivity index (χ2n) is 9.99. The predicted octanol–water partition coefficient (Wildman–Crippen LogP) is 5.47. The number of benzene rings is 1. The van der Waals surface area contributed by atoms with Gasteiger partial charge in [0.25, 0.3) is 0 Å². The number of ketones is 1. The number of aromatic nitrogens is 6. The fourth-order valence-corrected chi connectivity index (χ4v) is 5.08. The first kappa shape index (κ1) is 25.4. The molecule has 0 bridgehead atoms. The van der Waals surface area contributed by atoms with Crippen molar-refractivity contribution in [2.24, 2.45) is 13.0 Å². The Morgan fingerprint density at radius 2 is 1.95 bits per heavy atom. The molecule has 0 radical (unpaired) electrons. The lowest BCUT2D eigenvalue weighted by Gasteiger charge is -2.33. The number of carbonyl (C=O) groups is 1. The summed E-state index contributed by atoms with van der Waals surface area (Å²) in [6.45, 7) is 6.20. The van der Waals surface area contributed by atoms with Crippen LogP contribution < -0.4 is 15.0 Å². The number of rotatable bonds is 9. The van der Waals surface area contributed by atoms with Gasteiger partial charge in [0.05, 0.1) is 35.7 Å². The summed E-state index contributed by atoms with van der Waals surface area (Å²) in [5, 5.41) is 12.6. The molecule has 1 saturated carbocycles. The van der Waals surface area contributed by atoms with Crippen LogP contribution in [0.25, 0.3) is 11.4 Å². The zero-order valence-corrected chi connectivity index (χ0v) is 22.8. The van der Waals surface area contributed by atoms with Crippen LogP contribution in [0.2, 0.25) is 0 Å². The van der Waals surface area contributed by atoms with E-state index in [9.17, 15) is 4.79 Å². The number of carbonyl (C=O) groups excluding carboxylic acids is 1. The number of hydrogen-bond acceptors (Lipinski definition) is 8. The highest BCUT2D eigenvalue weighted by Crippen LogP contribution is 2.41. The van der Waals surface area contributed by atoms with E-state index >= 15 is 0 Å². The van der Waals surface area contributed by atoms with Gasteiger partial charge in [0, 0.05) is 44.5 Å². The number of aryl methyl sites for hydroxylation is 2. The number of para-hydroxylation sites is 1. The highest BCUT2D eigenvalue weighted by atomic mass is 16.5. The van der Waals surface area contributed by atoms with Crippen LogP contribution in [0.5, 0.6) is 5.75 Å². The topological polar surface area (TPSA) is 103 Å². The number of nitrogens with zero attached hydrogens (tertiary/aromatic N) is 7. The molecule has 5 rings (SSSR count). The summed E-state index contributed by atoms with van der Waals surface area (Å²) < 4.78 is 9.59. The largest absolute Gasteiger partial charge is 0.494 e. The molecule has 1 aliphatic carbocycles. The van der Waals surface area contributed by atoms with E-state index in [1.807, 2.05) is 56.3 Å². The number of nitrogens with one attached hydrogen (secondary N) is 1. The average molecular weight is 515 g/mol. The lowest BCUT2D eigenvalue weighted by Crippen LogP contribution is -2.26. The molecular formula is C28H34N8O2. The van der Waals surface area contributed by atoms with E-state index in [1.54, 1.807) is 24.3 Å². The van der Waals surface area contributed by atoms with Crippen molar-refractivity contribution in [1.82, 2.24) is 29.5 Å². The summed E-state index contributed by atoms with van der Waals surface area (Å²) in [5.41, 5.74) is 3.90. The molecule has 0 amide bonds. The molecule has 198 valence electrons. The van der Waals surface area contributed by atoms with Gasteiger partial charge in [-0.2, -0.15) is 10.2 Å². The number of hydrogen-bond donors (Lipinski definition) is 1. The van der Waals surface area contributed by atoms with Gasteiger partial charge >= 0.3 is 0 Å². The van der Waals surface area contributed by atoms with E-state index in [0.717, 1.165) is 41.5 Å². The summed E-state index contributed by atoms with van der Waals surface area (Å²) in [4.78, 5) is 23.8. The highest BCUT2D eigenvalue weighted by molar-refractivity contribution is 6.02. The van der Waals surface area contributed by atoms with Gasteiger partial charge in [0.1, 0.15) is 12.1 Å². The Kier molecular flexibility index (Phi) is 6.88. The second-order valence-corrected chi connectivity index (χ2v) is 9.99. The third-order valence-electron chi connectivity index (χ3n) is 7.14. The van der Waals surface area contributed by atoms with Crippen LogP contribution in [0.1, 0.15) is 55.2 Å². The first-order chi connectivity index (χ1) is 18.3. The van der Waals surface area contributed by atoms with Crippen molar-refractivity contribution in [2.75, 3.05) is 24.4 Å². The summed E-state index contributed by atoms with van der Waals surface area (Å²) in [7, 11) is 5.36. The van der Waals surface area contributed by atoms with Gasteiger partial charge in [-0.25, -0.2) is 9.97 Å². The summed E-state index contributed by atoms with van der Waals surface area (Å²) in [6, 6.07) is 10.2. The molecule has 10 nitrogen and oxygen atoms in total. The fraction of sp³-hybridized carbons (Fsp3) is 0.393. The first-order valence-electron chi connectivity index (χ1n) is 12.9. The minimum Gasteiger partial charge on any atom is -0.494 e. The van der Waals surface area contributed by atoms with Crippen LogP contribution in [0, 0.1) is 12.8 Å². The number of methoxy groups -OCH3 is 1. The fourth-order valence-electron chi connectivity index (χ4n) is 5.08. The van der Waals surface area contributed by atoms with Gasteiger partial charge in [-0.15, -0.1) is 0 Å². The zero-order chi connectivity index (χ0) is 27.0. The van der Waals surface area contributed by atoms with Crippen molar-refractivity contribution < 1.29 is 9.53 Å². The highest BCUT2D eigenvalue weighted by Gasteiger charge is 2.29. The molecule has 3 heterocycles. The molecule has 1 aliphatic rings. The first-order valence-corrected chi connectivity index (χ1v) is 12.9. The molecule has 10 heteroatoms. The minimum atomic E-state index is 0.00615. The van der Waals surface area contributed by atoms with E-state index in [2.05, 4.69) is 38.9 Å². The average Bonchev–Trinajstić information content (AvgIpc) is 3.49. The molecule has 0 aliphatic heterocycles. The molecule has 1 aromatic carbocycles. The van der Waals surface area contributed by atoms with Crippen molar-refractivity contribution in [3.8, 4) is 17.1 Å². The molecule has 0 saturated heterocycles. The quantitative estimate of drug-likeness (QED) is 0.294. The standard InChI is InChI=1S/C28H34N8O2/c1-7-24(37)21-15-29-25(31-26-13-18(3)36(32-26)19-11-17(2)12-19)14-23(21)35(5)22-10-8-9-20(27(22)38-6)28-30-16-34(4)33-28/h8-10,13-17,19H,7,11-12H2,1-6H3,(H,29,31,32). The molecule has 1 fully saturated rings. The van der Waals surface area contributed by atoms with Crippen LogP contribution in [-0.2, 0) is 7.05 Å². The molecule has 4 aromatic rings. The van der Waals surface area contributed by atoms with Crippen molar-refractivity contribution >= 4 is 28.8 Å². The second kappa shape index (κ2) is 10.3. The molecule has 0 atom stereocenters. The number of pyridine rings is 1. The SMILES string of the molecule is CCC(=O)c1cnc(Nc2cc(C)n(C3CC(C)C3)n2)cc1N(C)c1cccc(-c2ncn(C)n2)c1OC. The van der Waals surface area contributed by atoms with E-state index in [4.69, 9.17) is 9.84 Å². The molecule has 3 aromatic heterocycles. The van der Waals surface area contributed by atoms with Crippen LogP contribution in [0.3, 0.4) is 0 Å². The third-order valence-corrected chi connectivity index (χ3v) is 7.14. The summed E-state index contributed by atoms with van der Waals surface area (Å²) in [6.07, 6.45) is 5.95. The molecule has 0 spiro atoms. The predicted molar refractivity (Wildman–Crippen MR) is 148 cm³/mol. The maximum absolute atomic E-state index is 12.9. The van der Waals surface area contributed by atoms with E-state index in [0.29, 0.717) is 41.1 Å². The summed E-state index contributed by atoms with van der Waals surface area (Å²) in [5.74, 6) is 3.27. The number of Topliss-reactive ketones (excluding diaryl/α,β-unsaturated/α-hetero) is 1. The van der Waals surface area contributed by atoms with E-state index in [-0.39, 0.29) is 5.78 Å². The Bertz CT molecular complexity index is 1470. The monoisotopic (exact) mass is 514 g/mol. The Morgan fingerprint density at radius 1 is 1.16 bits per heavy atom. The molecule has 1 N–H and O–H groups in total. The van der Waals surface area contributed by atoms with Crippen LogP contribution in [0.4, 0.5) is 23.0 Å². The van der Waals surface area contributed by atoms with Crippen molar-refractivity contribution in [1.29, 1.82) is 0 Å². The zero-order valence-electron chi connectivity index (χ0n) is 22.8. The number of anilines is 4. The number of ether oxygens (including phenoxy) is 1. The molecule has 38 heavy (non-hydrogen) atoms. The molecule has 0 unspecified atom stereocenters. The van der Waals surface area contributed by atoms with Crippen LogP contribution >= 0.6 is 0 Å². The van der Waals surface area contributed by atoms with Gasteiger partial charge in [-0.05, 0) is 37.8 Å². The Labute approximate surface area is 222 Å². The Balaban J connectivity index is 1.51. The Morgan fingerprint density at radius 3 is 2.61 bits per heavy atom. The van der Waals surface area contributed by atoms with Crippen molar-refractivity contribution in [3.63, 3.8) is 0 Å². The minimum absolute atomic E-state index is 0.00615. The van der Waals surface area contributed by atoms with Gasteiger partial charge in [-0.1, -0.05) is 19.9 Å². The van der Waals surface area contributed by atoms with Gasteiger partial charge in [-0.3, -0.25) is 14.2 Å². The maximum atomic E-state index is 12.9. The van der Waals surface area contributed by atoms with Crippen LogP contribution in [-0.4, -0.2) is 49.5 Å². The van der Waals surface area contributed by atoms with Gasteiger partial charge in [0.2, 0.25) is 0 Å². The lowest BCUT2D eigenvalue weighted by molar-refractivity contribution is 0.0988. The van der Waals surface area contributed by atoms with Crippen LogP contribution in [0.15, 0.2) is 42.9 Å². The normalized spacial score (nSPS) is 16.7. The molecular weight excluding hydrogens is 480 g/mol. The lowest BCUT2D eigenvalue weighted by atomic mass is 9.82. The smallest absolute Gasteiger partial charge is 0.184 e. The van der Waals surface area contributed by atoms with Gasteiger partial charge in [0.15, 0.2) is 23.2 Å².